The smallest absolute Gasteiger partial charge is 0.321 e. The molecule has 3 radical (unpaired) electrons. The molecular formula is C2H6Na3O6P2. The summed E-state index contributed by atoms with van der Waals surface area (Å²) < 4.78 is 20.2. The van der Waals surface area contributed by atoms with Gasteiger partial charge in [0.1, 0.15) is 5.06 Å². The van der Waals surface area contributed by atoms with Crippen molar-refractivity contribution < 1.29 is 28.7 Å². The molecule has 0 aliphatic carbocycles. The fraction of sp³-hybridized carbons (Fsp3) is 0. The minimum absolute atomic E-state index is 0. The fourth-order valence-corrected chi connectivity index (χ4v) is 1.53. The van der Waals surface area contributed by atoms with Gasteiger partial charge in [-0.1, -0.05) is 6.58 Å². The molecule has 0 bridgehead atoms. The number of hydrogen-bond donors (Lipinski definition) is 4. The van der Waals surface area contributed by atoms with Gasteiger partial charge in [0.15, 0.2) is 0 Å². The maximum absolute atomic E-state index is 10.1. The molecule has 0 saturated carbocycles. The number of rotatable bonds is 2. The molecule has 0 rings (SSSR count). The van der Waals surface area contributed by atoms with Gasteiger partial charge in [-0.25, -0.2) is 0 Å². The molecule has 63 valence electrons. The summed E-state index contributed by atoms with van der Waals surface area (Å²) in [6.45, 7) is 2.57. The first-order valence-corrected chi connectivity index (χ1v) is 5.19. The molecule has 0 spiro atoms. The SMILES string of the molecule is C=C(P(=O)(O)O)P(=O)(O)O.[Na].[Na].[Na]. The maximum atomic E-state index is 10.1. The molecule has 0 aromatic carbocycles. The number of hydrogen-bond acceptors (Lipinski definition) is 2. The zero-order valence-corrected chi connectivity index (χ0v) is 15.5. The van der Waals surface area contributed by atoms with Crippen LogP contribution in [0.25, 0.3) is 0 Å². The van der Waals surface area contributed by atoms with Gasteiger partial charge in [0.2, 0.25) is 0 Å². The Bertz CT molecular complexity index is 216. The van der Waals surface area contributed by atoms with Crippen LogP contribution in [0.5, 0.6) is 0 Å². The molecule has 0 saturated heterocycles. The van der Waals surface area contributed by atoms with Crippen LogP contribution in [0, 0.1) is 0 Å². The molecule has 0 heterocycles. The van der Waals surface area contributed by atoms with Crippen LogP contribution in [0.3, 0.4) is 0 Å². The van der Waals surface area contributed by atoms with E-state index in [0.717, 1.165) is 0 Å². The van der Waals surface area contributed by atoms with Gasteiger partial charge in [-0.2, -0.15) is 0 Å². The molecule has 0 amide bonds. The van der Waals surface area contributed by atoms with Gasteiger partial charge < -0.3 is 19.6 Å². The van der Waals surface area contributed by atoms with E-state index in [1.54, 1.807) is 0 Å². The molecule has 0 aliphatic rings. The Hall–Kier alpha value is 3.04. The monoisotopic (exact) mass is 257 g/mol. The van der Waals surface area contributed by atoms with E-state index in [2.05, 4.69) is 6.58 Å². The van der Waals surface area contributed by atoms with Crippen LogP contribution in [0.15, 0.2) is 11.6 Å². The summed E-state index contributed by atoms with van der Waals surface area (Å²) in [6, 6.07) is 0. The van der Waals surface area contributed by atoms with Crippen molar-refractivity contribution in [3.8, 4) is 0 Å². The minimum atomic E-state index is -4.84. The maximum Gasteiger partial charge on any atom is 0.363 e. The summed E-state index contributed by atoms with van der Waals surface area (Å²) in [5.41, 5.74) is 0. The van der Waals surface area contributed by atoms with Crippen LogP contribution in [-0.4, -0.2) is 108 Å². The van der Waals surface area contributed by atoms with Gasteiger partial charge >= 0.3 is 15.2 Å². The summed E-state index contributed by atoms with van der Waals surface area (Å²) in [6.07, 6.45) is 0. The first-order valence-electron chi connectivity index (χ1n) is 1.97. The van der Waals surface area contributed by atoms with Crippen molar-refractivity contribution in [1.82, 2.24) is 0 Å². The van der Waals surface area contributed by atoms with Crippen LogP contribution < -0.4 is 0 Å². The average molecular weight is 257 g/mol. The fourth-order valence-electron chi connectivity index (χ4n) is 0.170. The summed E-state index contributed by atoms with van der Waals surface area (Å²) in [4.78, 5) is 32.6. The summed E-state index contributed by atoms with van der Waals surface area (Å²) in [5.74, 6) is 0. The predicted octanol–water partition coefficient (Wildman–Crippen LogP) is -1.33. The third-order valence-electron chi connectivity index (χ3n) is 0.672. The van der Waals surface area contributed by atoms with E-state index < -0.39 is 20.2 Å². The molecule has 0 aliphatic heterocycles. The van der Waals surface area contributed by atoms with Crippen molar-refractivity contribution >= 4 is 104 Å². The Morgan fingerprint density at radius 2 is 1.00 bits per heavy atom. The van der Waals surface area contributed by atoms with Crippen molar-refractivity contribution in [1.29, 1.82) is 0 Å². The zero-order chi connectivity index (χ0) is 8.58. The molecule has 0 unspecified atom stereocenters. The van der Waals surface area contributed by atoms with E-state index in [1.807, 2.05) is 0 Å². The summed E-state index contributed by atoms with van der Waals surface area (Å²) >= 11 is 0. The molecule has 0 aromatic rings. The van der Waals surface area contributed by atoms with Gasteiger partial charge in [0.05, 0.1) is 0 Å². The van der Waals surface area contributed by atoms with E-state index in [0.29, 0.717) is 0 Å². The van der Waals surface area contributed by atoms with Gasteiger partial charge in [-0.05, 0) is 0 Å². The van der Waals surface area contributed by atoms with E-state index in [9.17, 15) is 9.13 Å². The van der Waals surface area contributed by atoms with Crippen LogP contribution in [0.2, 0.25) is 0 Å². The third-order valence-corrected chi connectivity index (χ3v) is 3.58. The van der Waals surface area contributed by atoms with Crippen LogP contribution in [0.4, 0.5) is 0 Å². The van der Waals surface area contributed by atoms with Gasteiger partial charge in [0.25, 0.3) is 0 Å². The van der Waals surface area contributed by atoms with Gasteiger partial charge in [-0.15, -0.1) is 0 Å². The normalized spacial score (nSPS) is 10.2. The molecular weight excluding hydrogens is 251 g/mol. The molecule has 4 N–H and O–H groups in total. The van der Waals surface area contributed by atoms with E-state index >= 15 is 0 Å². The zero-order valence-electron chi connectivity index (χ0n) is 7.71. The van der Waals surface area contributed by atoms with Crippen molar-refractivity contribution in [3.05, 3.63) is 11.6 Å². The molecule has 0 fully saturated rings. The third kappa shape index (κ3) is 11.3. The first kappa shape index (κ1) is 25.0. The average Bonchev–Trinajstić information content (AvgIpc) is 1.59. The second-order valence-electron chi connectivity index (χ2n) is 1.50. The van der Waals surface area contributed by atoms with E-state index in [4.69, 9.17) is 19.6 Å². The van der Waals surface area contributed by atoms with Crippen LogP contribution >= 0.6 is 15.2 Å². The predicted molar refractivity (Wildman–Crippen MR) is 50.5 cm³/mol. The van der Waals surface area contributed by atoms with Gasteiger partial charge in [-0.3, -0.25) is 9.13 Å². The quantitative estimate of drug-likeness (QED) is 0.360. The van der Waals surface area contributed by atoms with Crippen molar-refractivity contribution in [2.24, 2.45) is 0 Å². The molecule has 0 aromatic heterocycles. The first-order chi connectivity index (χ1) is 4.15. The second kappa shape index (κ2) is 9.11. The Kier molecular flexibility index (Phi) is 17.5. The summed E-state index contributed by atoms with van der Waals surface area (Å²) in [7, 11) is -9.67. The topological polar surface area (TPSA) is 115 Å². The van der Waals surface area contributed by atoms with E-state index in [1.165, 1.54) is 0 Å². The Morgan fingerprint density at radius 1 is 0.846 bits per heavy atom. The Labute approximate surface area is 142 Å². The summed E-state index contributed by atoms with van der Waals surface area (Å²) in [5, 5.41) is -1.35. The van der Waals surface area contributed by atoms with E-state index in [-0.39, 0.29) is 88.7 Å². The molecule has 13 heavy (non-hydrogen) atoms. The van der Waals surface area contributed by atoms with Crippen LogP contribution in [-0.2, 0) is 9.13 Å². The van der Waals surface area contributed by atoms with Crippen molar-refractivity contribution in [2.75, 3.05) is 0 Å². The molecule has 0 atom stereocenters. The van der Waals surface area contributed by atoms with Crippen LogP contribution in [0.1, 0.15) is 0 Å². The van der Waals surface area contributed by atoms with Crippen molar-refractivity contribution in [3.63, 3.8) is 0 Å². The van der Waals surface area contributed by atoms with Crippen molar-refractivity contribution in [2.45, 2.75) is 0 Å². The molecule has 11 heteroatoms. The Morgan fingerprint density at radius 3 is 1.00 bits per heavy atom. The Balaban J connectivity index is -0.000000135. The minimum Gasteiger partial charge on any atom is -0.321 e. The standard InChI is InChI=1S/C2H6O6P2.3Na/c1-2(9(3,4)5)10(6,7)8;;;/h1H2,(H2,3,4,5)(H2,6,7,8);;;. The second-order valence-corrected chi connectivity index (χ2v) is 5.11. The molecule has 6 nitrogen and oxygen atoms in total. The largest absolute Gasteiger partial charge is 0.363 e. The van der Waals surface area contributed by atoms with Gasteiger partial charge in [0, 0.05) is 88.7 Å².